The molecule has 0 bridgehead atoms. The van der Waals surface area contributed by atoms with Gasteiger partial charge in [0, 0.05) is 37.2 Å². The quantitative estimate of drug-likeness (QED) is 0.705. The lowest BCUT2D eigenvalue weighted by Crippen LogP contribution is -2.44. The number of pyridine rings is 1. The fourth-order valence-corrected chi connectivity index (χ4v) is 5.16. The number of nitrogens with one attached hydrogen (secondary N) is 1. The van der Waals surface area contributed by atoms with Crippen LogP contribution in [0.1, 0.15) is 53.3 Å². The van der Waals surface area contributed by atoms with E-state index in [1.807, 2.05) is 6.20 Å². The van der Waals surface area contributed by atoms with Crippen LogP contribution in [0.2, 0.25) is 0 Å². The Balaban J connectivity index is 1.14. The molecule has 1 atom stereocenters. The molecule has 1 fully saturated rings. The van der Waals surface area contributed by atoms with Gasteiger partial charge in [-0.1, -0.05) is 12.1 Å². The van der Waals surface area contributed by atoms with Crippen LogP contribution in [-0.2, 0) is 24.2 Å². The van der Waals surface area contributed by atoms with Crippen molar-refractivity contribution in [2.24, 2.45) is 5.73 Å². The Labute approximate surface area is 194 Å². The average Bonchev–Trinajstić information content (AvgIpc) is 2.83. The monoisotopic (exact) mass is 450 g/mol. The fraction of sp³-hybridized carbons (Fsp3) is 0.462. The maximum absolute atomic E-state index is 14.7. The number of benzene rings is 1. The molecule has 0 amide bonds. The molecule has 0 saturated carbocycles. The molecule has 2 aromatic rings. The van der Waals surface area contributed by atoms with Gasteiger partial charge in [0.15, 0.2) is 5.78 Å². The minimum atomic E-state index is -0.453. The number of hydrogen-bond acceptors (Lipinski definition) is 6. The average molecular weight is 451 g/mol. The van der Waals surface area contributed by atoms with Crippen molar-refractivity contribution in [2.75, 3.05) is 26.2 Å². The van der Waals surface area contributed by atoms with E-state index in [-0.39, 0.29) is 18.0 Å². The third-order valence-corrected chi connectivity index (χ3v) is 6.98. The van der Waals surface area contributed by atoms with Gasteiger partial charge in [0.2, 0.25) is 0 Å². The van der Waals surface area contributed by atoms with Gasteiger partial charge in [0.25, 0.3) is 0 Å². The van der Waals surface area contributed by atoms with Gasteiger partial charge in [-0.05, 0) is 73.7 Å². The topological polar surface area (TPSA) is 80.5 Å². The second-order valence-corrected chi connectivity index (χ2v) is 9.30. The molecule has 1 aromatic carbocycles. The van der Waals surface area contributed by atoms with Crippen molar-refractivity contribution in [1.29, 1.82) is 0 Å². The first-order valence-corrected chi connectivity index (χ1v) is 11.9. The normalized spacial score (nSPS) is 19.6. The van der Waals surface area contributed by atoms with Gasteiger partial charge in [-0.25, -0.2) is 4.39 Å². The highest BCUT2D eigenvalue weighted by atomic mass is 19.1. The van der Waals surface area contributed by atoms with Crippen LogP contribution in [-0.4, -0.2) is 48.0 Å². The molecule has 2 aliphatic heterocycles. The summed E-state index contributed by atoms with van der Waals surface area (Å²) in [6.45, 7) is 3.94. The Morgan fingerprint density at radius 2 is 2.12 bits per heavy atom. The molecule has 174 valence electrons. The van der Waals surface area contributed by atoms with Gasteiger partial charge in [-0.3, -0.25) is 9.78 Å². The number of piperidine rings is 1. The first-order chi connectivity index (χ1) is 16.1. The summed E-state index contributed by atoms with van der Waals surface area (Å²) in [4.78, 5) is 18.7. The van der Waals surface area contributed by atoms with Crippen LogP contribution >= 0.6 is 0 Å². The minimum absolute atomic E-state index is 0.00520. The predicted octanol–water partition coefficient (Wildman–Crippen LogP) is 2.94. The number of nitrogens with zero attached hydrogens (tertiary/aromatic N) is 2. The lowest BCUT2D eigenvalue weighted by molar-refractivity contribution is -0.114. The summed E-state index contributed by atoms with van der Waals surface area (Å²) in [5.74, 6) is 0.601. The summed E-state index contributed by atoms with van der Waals surface area (Å²) in [5.41, 5.74) is 10.9. The molecule has 5 rings (SSSR count). The summed E-state index contributed by atoms with van der Waals surface area (Å²) in [5, 5.41) is 3.64. The molecule has 0 spiro atoms. The zero-order chi connectivity index (χ0) is 22.8. The highest BCUT2D eigenvalue weighted by Crippen LogP contribution is 2.29. The molecule has 7 heteroatoms. The largest absolute Gasteiger partial charge is 0.492 e. The van der Waals surface area contributed by atoms with Crippen LogP contribution < -0.4 is 15.8 Å². The van der Waals surface area contributed by atoms with Crippen molar-refractivity contribution in [3.63, 3.8) is 0 Å². The summed E-state index contributed by atoms with van der Waals surface area (Å²) < 4.78 is 20.3. The first kappa shape index (κ1) is 22.2. The Kier molecular flexibility index (Phi) is 6.53. The molecule has 1 saturated heterocycles. The Bertz CT molecular complexity index is 1060. The third-order valence-electron chi connectivity index (χ3n) is 6.98. The van der Waals surface area contributed by atoms with E-state index >= 15 is 0 Å². The molecule has 3 heterocycles. The highest BCUT2D eigenvalue weighted by Gasteiger charge is 2.26. The van der Waals surface area contributed by atoms with E-state index in [2.05, 4.69) is 21.3 Å². The van der Waals surface area contributed by atoms with Gasteiger partial charge >= 0.3 is 0 Å². The third kappa shape index (κ3) is 5.00. The smallest absolute Gasteiger partial charge is 0.160 e. The van der Waals surface area contributed by atoms with Crippen molar-refractivity contribution in [3.05, 3.63) is 64.2 Å². The number of ketones is 1. The Morgan fingerprint density at radius 1 is 1.27 bits per heavy atom. The van der Waals surface area contributed by atoms with E-state index in [4.69, 9.17) is 10.5 Å². The van der Waals surface area contributed by atoms with E-state index in [0.717, 1.165) is 74.5 Å². The van der Waals surface area contributed by atoms with Crippen molar-refractivity contribution in [3.8, 4) is 5.75 Å². The minimum Gasteiger partial charge on any atom is -0.492 e. The molecule has 0 unspecified atom stereocenters. The van der Waals surface area contributed by atoms with Gasteiger partial charge in [0.05, 0.1) is 18.5 Å². The number of hydrogen-bond donors (Lipinski definition) is 2. The highest BCUT2D eigenvalue weighted by molar-refractivity contribution is 5.98. The molecule has 0 radical (unpaired) electrons. The number of carbonyl (C=O) groups is 1. The summed E-state index contributed by atoms with van der Waals surface area (Å²) >= 11 is 0. The van der Waals surface area contributed by atoms with Crippen LogP contribution in [0.5, 0.6) is 5.75 Å². The van der Waals surface area contributed by atoms with Crippen LogP contribution in [0, 0.1) is 5.82 Å². The maximum Gasteiger partial charge on any atom is 0.160 e. The van der Waals surface area contributed by atoms with Gasteiger partial charge in [-0.15, -0.1) is 0 Å². The van der Waals surface area contributed by atoms with Crippen molar-refractivity contribution >= 4 is 11.9 Å². The molecular formula is C26H31FN4O2. The summed E-state index contributed by atoms with van der Waals surface area (Å²) in [7, 11) is 0. The number of rotatable bonds is 6. The van der Waals surface area contributed by atoms with Gasteiger partial charge in [-0.2, -0.15) is 0 Å². The Hall–Kier alpha value is -2.61. The SMILES string of the molecule is N[C@H](CN1CCC(NCc2cc3c(cn2)OCCC3)CC1)c1c(F)ccc2c1CC(=O)C=C2. The molecule has 3 aliphatic rings. The van der Waals surface area contributed by atoms with Crippen LogP contribution in [0.4, 0.5) is 4.39 Å². The number of halogens is 1. The zero-order valence-corrected chi connectivity index (χ0v) is 18.9. The maximum atomic E-state index is 14.7. The standard InChI is InChI=1S/C26H31FN4O2/c27-23-6-4-17-3-5-21(32)13-22(17)26(23)24(28)16-31-9-7-19(8-10-31)29-14-20-12-18-2-1-11-33-25(18)15-30-20/h3-6,12,15,19,24,29H,1-2,7-11,13-14,16,28H2/t24-/m1/s1. The Morgan fingerprint density at radius 3 is 2.97 bits per heavy atom. The molecular weight excluding hydrogens is 419 g/mol. The van der Waals surface area contributed by atoms with Crippen molar-refractivity contribution < 1.29 is 13.9 Å². The zero-order valence-electron chi connectivity index (χ0n) is 18.9. The number of aromatic nitrogens is 1. The van der Waals surface area contributed by atoms with Crippen molar-refractivity contribution in [1.82, 2.24) is 15.2 Å². The second kappa shape index (κ2) is 9.71. The van der Waals surface area contributed by atoms with E-state index in [1.54, 1.807) is 18.2 Å². The molecule has 6 nitrogen and oxygen atoms in total. The lowest BCUT2D eigenvalue weighted by Gasteiger charge is -2.34. The first-order valence-electron chi connectivity index (χ1n) is 11.9. The van der Waals surface area contributed by atoms with E-state index in [9.17, 15) is 9.18 Å². The molecule has 1 aliphatic carbocycles. The summed E-state index contributed by atoms with van der Waals surface area (Å²) in [6, 6.07) is 5.32. The van der Waals surface area contributed by atoms with E-state index in [1.165, 1.54) is 11.6 Å². The fourth-order valence-electron chi connectivity index (χ4n) is 5.16. The van der Waals surface area contributed by atoms with Crippen LogP contribution in [0.15, 0.2) is 30.5 Å². The van der Waals surface area contributed by atoms with Gasteiger partial charge < -0.3 is 20.7 Å². The van der Waals surface area contributed by atoms with Gasteiger partial charge in [0.1, 0.15) is 11.6 Å². The number of likely N-dealkylation sites (tertiary alicyclic amines) is 1. The van der Waals surface area contributed by atoms with E-state index < -0.39 is 6.04 Å². The predicted molar refractivity (Wildman–Crippen MR) is 125 cm³/mol. The molecule has 1 aromatic heterocycles. The number of ether oxygens (including phenoxy) is 1. The van der Waals surface area contributed by atoms with Crippen LogP contribution in [0.25, 0.3) is 6.08 Å². The summed E-state index contributed by atoms with van der Waals surface area (Å²) in [6.07, 6.45) is 9.53. The number of carbonyl (C=O) groups excluding carboxylic acids is 1. The van der Waals surface area contributed by atoms with Crippen molar-refractivity contribution in [2.45, 2.75) is 50.7 Å². The van der Waals surface area contributed by atoms with Crippen LogP contribution in [0.3, 0.4) is 0 Å². The number of allylic oxidation sites excluding steroid dienone is 1. The second-order valence-electron chi connectivity index (χ2n) is 9.30. The molecule has 3 N–H and O–H groups in total. The number of nitrogens with two attached hydrogens (primary N) is 1. The molecule has 33 heavy (non-hydrogen) atoms. The lowest BCUT2D eigenvalue weighted by atomic mass is 9.88. The number of aryl methyl sites for hydroxylation is 1. The number of fused-ring (bicyclic) bond motifs is 2. The van der Waals surface area contributed by atoms with E-state index in [0.29, 0.717) is 18.2 Å².